The topological polar surface area (TPSA) is 35.5 Å². The summed E-state index contributed by atoms with van der Waals surface area (Å²) in [7, 11) is 0. The van der Waals surface area contributed by atoms with Gasteiger partial charge in [0.1, 0.15) is 0 Å². The molecular formula is C11H24O3. The van der Waals surface area contributed by atoms with Crippen molar-refractivity contribution >= 4 is 5.97 Å². The molecule has 0 aliphatic heterocycles. The molecule has 0 N–H and O–H groups in total. The van der Waals surface area contributed by atoms with Crippen LogP contribution in [0.15, 0.2) is 0 Å². The summed E-state index contributed by atoms with van der Waals surface area (Å²) in [4.78, 5) is 9.82. The molecule has 0 atom stereocenters. The first kappa shape index (κ1) is 15.9. The van der Waals surface area contributed by atoms with E-state index >= 15 is 0 Å². The van der Waals surface area contributed by atoms with Gasteiger partial charge in [0.2, 0.25) is 0 Å². The first-order valence-electron chi connectivity index (χ1n) is 5.40. The van der Waals surface area contributed by atoms with Crippen LogP contribution in [0.1, 0.15) is 47.0 Å². The summed E-state index contributed by atoms with van der Waals surface area (Å²) in [6.07, 6.45) is 3.59. The van der Waals surface area contributed by atoms with Crippen LogP contribution in [0.3, 0.4) is 0 Å². The van der Waals surface area contributed by atoms with E-state index in [-0.39, 0.29) is 5.97 Å². The van der Waals surface area contributed by atoms with Crippen molar-refractivity contribution in [1.29, 1.82) is 0 Å². The molecule has 86 valence electrons. The van der Waals surface area contributed by atoms with E-state index in [1.165, 1.54) is 19.8 Å². The van der Waals surface area contributed by atoms with Gasteiger partial charge in [0, 0.05) is 20.1 Å². The molecule has 0 saturated carbocycles. The summed E-state index contributed by atoms with van der Waals surface area (Å²) in [5, 5.41) is 0. The zero-order valence-corrected chi connectivity index (χ0v) is 9.97. The second kappa shape index (κ2) is 14.9. The Balaban J connectivity index is 0. The van der Waals surface area contributed by atoms with E-state index in [2.05, 4.69) is 18.6 Å². The Morgan fingerprint density at radius 3 is 2.00 bits per heavy atom. The number of unbranched alkanes of at least 4 members (excludes halogenated alkanes) is 1. The highest BCUT2D eigenvalue weighted by atomic mass is 16.5. The van der Waals surface area contributed by atoms with Gasteiger partial charge in [-0.25, -0.2) is 0 Å². The zero-order chi connectivity index (χ0) is 11.2. The molecule has 14 heavy (non-hydrogen) atoms. The van der Waals surface area contributed by atoms with Gasteiger partial charge in [0.15, 0.2) is 0 Å². The van der Waals surface area contributed by atoms with Gasteiger partial charge in [-0.1, -0.05) is 20.3 Å². The molecule has 0 radical (unpaired) electrons. The summed E-state index contributed by atoms with van der Waals surface area (Å²) >= 11 is 0. The van der Waals surface area contributed by atoms with Crippen LogP contribution in [0.2, 0.25) is 0 Å². The minimum absolute atomic E-state index is 0.211. The first-order valence-corrected chi connectivity index (χ1v) is 5.40. The van der Waals surface area contributed by atoms with Crippen LogP contribution in [0, 0.1) is 0 Å². The lowest BCUT2D eigenvalue weighted by atomic mass is 10.4. The number of esters is 1. The standard InChI is InChI=1S/C7H16O.C4H8O2/c1-3-5-7-8-6-4-2;1-3-6-4(2)5/h3-7H2,1-2H3;3H2,1-2H3. The van der Waals surface area contributed by atoms with Crippen molar-refractivity contribution in [2.24, 2.45) is 0 Å². The van der Waals surface area contributed by atoms with E-state index in [4.69, 9.17) is 4.74 Å². The Labute approximate surface area is 87.8 Å². The van der Waals surface area contributed by atoms with E-state index in [0.717, 1.165) is 19.6 Å². The average Bonchev–Trinajstić information content (AvgIpc) is 2.13. The number of hydrogen-bond donors (Lipinski definition) is 0. The minimum Gasteiger partial charge on any atom is -0.466 e. The van der Waals surface area contributed by atoms with E-state index < -0.39 is 0 Å². The lowest BCUT2D eigenvalue weighted by Gasteiger charge is -1.97. The molecule has 0 amide bonds. The van der Waals surface area contributed by atoms with Crippen molar-refractivity contribution < 1.29 is 14.3 Å². The van der Waals surface area contributed by atoms with Crippen LogP contribution < -0.4 is 0 Å². The van der Waals surface area contributed by atoms with Crippen molar-refractivity contribution in [3.05, 3.63) is 0 Å². The van der Waals surface area contributed by atoms with Crippen molar-refractivity contribution in [1.82, 2.24) is 0 Å². The van der Waals surface area contributed by atoms with Gasteiger partial charge in [-0.3, -0.25) is 4.79 Å². The number of carbonyl (C=O) groups is 1. The summed E-state index contributed by atoms with van der Waals surface area (Å²) in [5.74, 6) is -0.211. The Morgan fingerprint density at radius 2 is 1.71 bits per heavy atom. The lowest BCUT2D eigenvalue weighted by molar-refractivity contribution is -0.140. The van der Waals surface area contributed by atoms with Gasteiger partial charge in [0.05, 0.1) is 6.61 Å². The number of hydrogen-bond acceptors (Lipinski definition) is 3. The maximum absolute atomic E-state index is 9.82. The average molecular weight is 204 g/mol. The SMILES string of the molecule is CCCCOCCC.CCOC(C)=O. The molecule has 0 rings (SSSR count). The van der Waals surface area contributed by atoms with Crippen molar-refractivity contribution in [3.63, 3.8) is 0 Å². The summed E-state index contributed by atoms with van der Waals surface area (Å²) in [6, 6.07) is 0. The van der Waals surface area contributed by atoms with Crippen molar-refractivity contribution in [3.8, 4) is 0 Å². The van der Waals surface area contributed by atoms with E-state index in [1.54, 1.807) is 6.92 Å². The zero-order valence-electron chi connectivity index (χ0n) is 9.97. The van der Waals surface area contributed by atoms with E-state index in [0.29, 0.717) is 6.61 Å². The maximum Gasteiger partial charge on any atom is 0.302 e. The molecule has 0 aliphatic rings. The third-order valence-corrected chi connectivity index (χ3v) is 1.34. The monoisotopic (exact) mass is 204 g/mol. The Bertz CT molecular complexity index is 107. The fourth-order valence-corrected chi connectivity index (χ4v) is 0.696. The highest BCUT2D eigenvalue weighted by Gasteiger charge is 1.82. The maximum atomic E-state index is 9.82. The molecule has 0 spiro atoms. The Hall–Kier alpha value is -0.570. The molecule has 3 heteroatoms. The van der Waals surface area contributed by atoms with Crippen LogP contribution in [0.4, 0.5) is 0 Å². The van der Waals surface area contributed by atoms with Crippen LogP contribution in [0.5, 0.6) is 0 Å². The Morgan fingerprint density at radius 1 is 1.07 bits per heavy atom. The molecule has 0 aliphatic carbocycles. The number of ether oxygens (including phenoxy) is 2. The molecule has 0 unspecified atom stereocenters. The van der Waals surface area contributed by atoms with E-state index in [1.807, 2.05) is 0 Å². The molecule has 0 heterocycles. The first-order chi connectivity index (χ1) is 6.68. The van der Waals surface area contributed by atoms with Crippen molar-refractivity contribution in [2.75, 3.05) is 19.8 Å². The summed E-state index contributed by atoms with van der Waals surface area (Å²) in [5.41, 5.74) is 0. The molecule has 0 aromatic rings. The lowest BCUT2D eigenvalue weighted by Crippen LogP contribution is -1.95. The Kier molecular flexibility index (Phi) is 16.9. The van der Waals surface area contributed by atoms with Gasteiger partial charge in [0.25, 0.3) is 0 Å². The molecule has 0 fully saturated rings. The van der Waals surface area contributed by atoms with Gasteiger partial charge in [-0.15, -0.1) is 0 Å². The largest absolute Gasteiger partial charge is 0.466 e. The second-order valence-electron chi connectivity index (χ2n) is 2.89. The normalized spacial score (nSPS) is 8.86. The molecule has 0 bridgehead atoms. The fourth-order valence-electron chi connectivity index (χ4n) is 0.696. The number of carbonyl (C=O) groups excluding carboxylic acids is 1. The summed E-state index contributed by atoms with van der Waals surface area (Å²) in [6.45, 7) is 9.84. The van der Waals surface area contributed by atoms with Crippen molar-refractivity contribution in [2.45, 2.75) is 47.0 Å². The molecule has 0 saturated heterocycles. The number of rotatable bonds is 6. The highest BCUT2D eigenvalue weighted by Crippen LogP contribution is 1.88. The molecular weight excluding hydrogens is 180 g/mol. The highest BCUT2D eigenvalue weighted by molar-refractivity contribution is 5.65. The quantitative estimate of drug-likeness (QED) is 0.493. The van der Waals surface area contributed by atoms with Crippen LogP contribution >= 0.6 is 0 Å². The van der Waals surface area contributed by atoms with Crippen LogP contribution in [-0.2, 0) is 14.3 Å². The van der Waals surface area contributed by atoms with E-state index in [9.17, 15) is 4.79 Å². The van der Waals surface area contributed by atoms with Crippen LogP contribution in [-0.4, -0.2) is 25.8 Å². The smallest absolute Gasteiger partial charge is 0.302 e. The predicted molar refractivity (Wildman–Crippen MR) is 58.3 cm³/mol. The third kappa shape index (κ3) is 22.5. The van der Waals surface area contributed by atoms with Gasteiger partial charge >= 0.3 is 5.97 Å². The molecule has 3 nitrogen and oxygen atoms in total. The fraction of sp³-hybridized carbons (Fsp3) is 0.909. The van der Waals surface area contributed by atoms with Crippen LogP contribution in [0.25, 0.3) is 0 Å². The third-order valence-electron chi connectivity index (χ3n) is 1.34. The van der Waals surface area contributed by atoms with Gasteiger partial charge < -0.3 is 9.47 Å². The second-order valence-corrected chi connectivity index (χ2v) is 2.89. The molecule has 0 aromatic carbocycles. The molecule has 0 aromatic heterocycles. The minimum atomic E-state index is -0.211. The van der Waals surface area contributed by atoms with Gasteiger partial charge in [-0.2, -0.15) is 0 Å². The predicted octanol–water partition coefficient (Wildman–Crippen LogP) is 2.78. The van der Waals surface area contributed by atoms with Gasteiger partial charge in [-0.05, 0) is 19.8 Å². The summed E-state index contributed by atoms with van der Waals surface area (Å²) < 4.78 is 9.63.